The Bertz CT molecular complexity index is 3960. The third kappa shape index (κ3) is 26.6. The van der Waals surface area contributed by atoms with Crippen LogP contribution in [0.5, 0.6) is 11.5 Å². The van der Waals surface area contributed by atoms with Gasteiger partial charge in [-0.1, -0.05) is 120 Å². The molecule has 542 valence electrons. The summed E-state index contributed by atoms with van der Waals surface area (Å²) >= 11 is 2.70. The zero-order chi connectivity index (χ0) is 73.6. The summed E-state index contributed by atoms with van der Waals surface area (Å²) in [7, 11) is -2.63. The Balaban J connectivity index is 1.02. The van der Waals surface area contributed by atoms with E-state index in [9.17, 15) is 56.4 Å². The number of hydrogen-bond acceptors (Lipinski definition) is 17. The number of carbonyl (C=O) groups excluding carboxylic acids is 10. The lowest BCUT2D eigenvalue weighted by atomic mass is 10.0. The van der Waals surface area contributed by atoms with Crippen LogP contribution in [0.2, 0.25) is 0 Å². The molecule has 1 aliphatic heterocycles. The Labute approximate surface area is 601 Å². The lowest BCUT2D eigenvalue weighted by Crippen LogP contribution is -2.59. The van der Waals surface area contributed by atoms with Gasteiger partial charge in [0.1, 0.15) is 54.4 Å². The zero-order valence-corrected chi connectivity index (χ0v) is 59.3. The average Bonchev–Trinajstić information content (AvgIpc) is 1.58. The number of hydrogen-bond donors (Lipinski definition) is 12. The van der Waals surface area contributed by atoms with Crippen molar-refractivity contribution in [3.8, 4) is 11.5 Å². The number of carbonyl (C=O) groups is 10. The minimum atomic E-state index is -4.12. The van der Waals surface area contributed by atoms with Crippen LogP contribution < -0.4 is 68.2 Å². The lowest BCUT2D eigenvalue weighted by molar-refractivity contribution is -0.142. The predicted molar refractivity (Wildman–Crippen MR) is 387 cm³/mol. The Hall–Kier alpha value is -10.5. The van der Waals surface area contributed by atoms with Gasteiger partial charge >= 0.3 is 0 Å². The van der Waals surface area contributed by atoms with Crippen LogP contribution >= 0.6 is 23.5 Å². The smallest absolute Gasteiger partial charge is 0.264 e. The number of nitrogens with zero attached hydrogens (tertiary/aromatic N) is 1. The second-order valence-corrected chi connectivity index (χ2v) is 28.0. The number of nitrogens with two attached hydrogens (primary N) is 2. The summed E-state index contributed by atoms with van der Waals surface area (Å²) in [5.41, 5.74) is 16.3. The quantitative estimate of drug-likeness (QED) is 0.0114. The molecule has 1 saturated heterocycles. The van der Waals surface area contributed by atoms with Gasteiger partial charge in [-0.15, -0.1) is 11.8 Å². The van der Waals surface area contributed by atoms with Crippen LogP contribution in [0.1, 0.15) is 71.9 Å². The van der Waals surface area contributed by atoms with E-state index in [0.717, 1.165) is 34.0 Å². The maximum Gasteiger partial charge on any atom is 0.264 e. The number of guanidine groups is 1. The normalized spacial score (nSPS) is 14.0. The highest BCUT2D eigenvalue weighted by atomic mass is 32.2. The van der Waals surface area contributed by atoms with Gasteiger partial charge in [0.05, 0.1) is 31.5 Å². The lowest BCUT2D eigenvalue weighted by Gasteiger charge is -2.30. The summed E-state index contributed by atoms with van der Waals surface area (Å²) < 4.78 is 39.2. The van der Waals surface area contributed by atoms with E-state index in [1.165, 1.54) is 24.1 Å². The van der Waals surface area contributed by atoms with Gasteiger partial charge in [0.15, 0.2) is 0 Å². The summed E-state index contributed by atoms with van der Waals surface area (Å²) in [6.45, 7) is 2.69. The molecular weight excluding hydrogens is 1370 g/mol. The van der Waals surface area contributed by atoms with E-state index in [1.807, 2.05) is 61.5 Å². The van der Waals surface area contributed by atoms with Crippen LogP contribution in [0.15, 0.2) is 168 Å². The van der Waals surface area contributed by atoms with Gasteiger partial charge in [0.2, 0.25) is 65.0 Å². The van der Waals surface area contributed by atoms with Crippen LogP contribution in [-0.4, -0.2) is 159 Å². The standard InChI is InChI=1S/C72H87N13O14S3/c1-46-18-22-51(23-19-46)44-100-37-34-64(88)79-58(39-49-24-26-53(27-25-49)99-43-50-14-8-5-9-15-50)68(92)82-57(38-48-12-6-4-7-13-48)67(91)78-42-65(89)80-59(40-62(73)86)69(93)83-60(45-101-54-30-28-52(98-3)29-31-54)71(95)85-36-11-17-61(85)70(94)81-56(66(90)77-41-63(74)87)16-10-35-76-72(75)84-102(96,97)55-32-20-47(2)21-33-55/h4-9,12-15,18-33,56-61H,10-11,16-17,34-45H2,1-3H3,(H2,73,86)(H2,74,87)(H,77,90)(H,78,91)(H,79,88)(H,80,89)(H,81,94)(H,82,92)(H,83,93)(H3,75,76,84)/t56-,57-,58-,59-,60-,61-/m0/s1. The fourth-order valence-electron chi connectivity index (χ4n) is 10.6. The van der Waals surface area contributed by atoms with Gasteiger partial charge in [-0.2, -0.15) is 11.8 Å². The number of thioether (sulfide) groups is 2. The van der Waals surface area contributed by atoms with Gasteiger partial charge in [0, 0.05) is 54.5 Å². The molecule has 6 aromatic rings. The molecule has 0 spiro atoms. The molecule has 6 atom stereocenters. The number of rotatable bonds is 39. The Morgan fingerprint density at radius 3 is 1.78 bits per heavy atom. The van der Waals surface area contributed by atoms with Crippen LogP contribution in [0.4, 0.5) is 0 Å². The molecule has 0 aliphatic carbocycles. The topological polar surface area (TPSA) is 411 Å². The third-order valence-corrected chi connectivity index (χ3v) is 19.6. The molecule has 7 rings (SSSR count). The molecule has 30 heteroatoms. The fraction of sp³-hybridized carbons (Fsp3) is 0.347. The summed E-state index contributed by atoms with van der Waals surface area (Å²) in [5, 5.41) is 29.1. The molecule has 102 heavy (non-hydrogen) atoms. The monoisotopic (exact) mass is 1450 g/mol. The van der Waals surface area contributed by atoms with Crippen molar-refractivity contribution in [1.29, 1.82) is 5.41 Å². The first kappa shape index (κ1) is 78.9. The Kier molecular flexibility index (Phi) is 31.0. The van der Waals surface area contributed by atoms with Crippen LogP contribution in [0.25, 0.3) is 0 Å². The summed E-state index contributed by atoms with van der Waals surface area (Å²) in [6, 6.07) is 38.0. The van der Waals surface area contributed by atoms with Crippen molar-refractivity contribution in [1.82, 2.24) is 52.2 Å². The number of primary amides is 2. The highest BCUT2D eigenvalue weighted by Crippen LogP contribution is 2.26. The molecule has 27 nitrogen and oxygen atoms in total. The number of benzene rings is 6. The zero-order valence-electron chi connectivity index (χ0n) is 56.8. The first-order valence-electron chi connectivity index (χ1n) is 33.0. The average molecular weight is 1450 g/mol. The number of methoxy groups -OCH3 is 1. The van der Waals surface area contributed by atoms with Crippen molar-refractivity contribution in [3.05, 3.63) is 191 Å². The van der Waals surface area contributed by atoms with Crippen molar-refractivity contribution < 1.29 is 65.8 Å². The number of likely N-dealkylation sites (tertiary alicyclic amines) is 1. The van der Waals surface area contributed by atoms with E-state index in [-0.39, 0.29) is 62.3 Å². The minimum Gasteiger partial charge on any atom is -0.497 e. The van der Waals surface area contributed by atoms with Crippen molar-refractivity contribution in [3.63, 3.8) is 0 Å². The minimum absolute atomic E-state index is 0.00980. The number of sulfonamides is 1. The highest BCUT2D eigenvalue weighted by Gasteiger charge is 2.40. The van der Waals surface area contributed by atoms with Gasteiger partial charge in [-0.05, 0) is 110 Å². The van der Waals surface area contributed by atoms with E-state index < -0.39 is 131 Å². The Morgan fingerprint density at radius 2 is 1.15 bits per heavy atom. The molecule has 10 amide bonds. The molecule has 1 aliphatic rings. The molecular formula is C72H87N13O14S3. The van der Waals surface area contributed by atoms with E-state index in [4.69, 9.17) is 26.4 Å². The number of aryl methyl sites for hydroxylation is 2. The molecule has 0 aromatic heterocycles. The second kappa shape index (κ2) is 40.1. The van der Waals surface area contributed by atoms with Gasteiger partial charge in [0.25, 0.3) is 10.0 Å². The van der Waals surface area contributed by atoms with Crippen LogP contribution in [0, 0.1) is 19.3 Å². The molecule has 1 fully saturated rings. The van der Waals surface area contributed by atoms with Crippen molar-refractivity contribution in [2.45, 2.75) is 124 Å². The van der Waals surface area contributed by atoms with Crippen molar-refractivity contribution in [2.75, 3.05) is 44.8 Å². The number of ether oxygens (including phenoxy) is 2. The van der Waals surface area contributed by atoms with E-state index in [0.29, 0.717) is 52.1 Å². The van der Waals surface area contributed by atoms with Gasteiger partial charge in [-0.3, -0.25) is 53.4 Å². The molecule has 0 radical (unpaired) electrons. The molecule has 14 N–H and O–H groups in total. The third-order valence-electron chi connectivity index (χ3n) is 16.1. The largest absolute Gasteiger partial charge is 0.497 e. The highest BCUT2D eigenvalue weighted by molar-refractivity contribution is 7.99. The van der Waals surface area contributed by atoms with E-state index >= 15 is 0 Å². The molecule has 6 aromatic carbocycles. The first-order chi connectivity index (χ1) is 48.9. The summed E-state index contributed by atoms with van der Waals surface area (Å²) in [4.78, 5) is 140. The summed E-state index contributed by atoms with van der Waals surface area (Å²) in [5.74, 6) is -6.70. The SMILES string of the molecule is COc1ccc(SC[C@H](NC(=O)[C@H](CC(N)=O)NC(=O)CNC(=O)[C@H](Cc2ccccc2)NC(=O)[C@H](Cc2ccc(OCc3ccccc3)cc2)NC(=O)CCSCc2ccc(C)cc2)C(=O)N2CCC[C@H]2C(=O)N[C@@H](CCCNC(=N)NS(=O)(=O)c2ccc(C)cc2)C(=O)NCC(N)=O)cc1. The fourth-order valence-corrected chi connectivity index (χ4v) is 13.4. The van der Waals surface area contributed by atoms with Crippen LogP contribution in [-0.2, 0) is 83.2 Å². The number of nitrogens with one attached hydrogen (secondary N) is 10. The predicted octanol–water partition coefficient (Wildman–Crippen LogP) is 3.08. The maximum atomic E-state index is 14.9. The van der Waals surface area contributed by atoms with E-state index in [2.05, 4.69) is 47.3 Å². The van der Waals surface area contributed by atoms with Gasteiger partial charge in [-0.25, -0.2) is 13.1 Å². The number of amides is 10. The molecule has 0 bridgehead atoms. The first-order valence-corrected chi connectivity index (χ1v) is 36.6. The van der Waals surface area contributed by atoms with Crippen molar-refractivity contribution >= 4 is 98.6 Å². The molecule has 1 heterocycles. The summed E-state index contributed by atoms with van der Waals surface area (Å²) in [6.07, 6.45) is -0.380. The van der Waals surface area contributed by atoms with Gasteiger partial charge < -0.3 is 68.4 Å². The maximum absolute atomic E-state index is 14.9. The second-order valence-electron chi connectivity index (χ2n) is 24.1. The van der Waals surface area contributed by atoms with Crippen LogP contribution in [0.3, 0.4) is 0 Å². The molecule has 0 unspecified atom stereocenters. The Morgan fingerprint density at radius 1 is 0.588 bits per heavy atom. The van der Waals surface area contributed by atoms with E-state index in [1.54, 1.807) is 110 Å². The van der Waals surface area contributed by atoms with Crippen molar-refractivity contribution in [2.24, 2.45) is 11.5 Å². The molecule has 0 saturated carbocycles.